The summed E-state index contributed by atoms with van der Waals surface area (Å²) in [4.78, 5) is 18.8. The van der Waals surface area contributed by atoms with Crippen LogP contribution in [0.5, 0.6) is 0 Å². The lowest BCUT2D eigenvalue weighted by atomic mass is 10.1. The van der Waals surface area contributed by atoms with Gasteiger partial charge in [-0.3, -0.25) is 4.79 Å². The molecule has 1 aliphatic carbocycles. The molecule has 1 heterocycles. The maximum absolute atomic E-state index is 12.6. The van der Waals surface area contributed by atoms with Gasteiger partial charge in [-0.2, -0.15) is 0 Å². The molecule has 22 heavy (non-hydrogen) atoms. The monoisotopic (exact) mass is 316 g/mol. The first-order valence-corrected chi connectivity index (χ1v) is 8.43. The Kier molecular flexibility index (Phi) is 4.27. The summed E-state index contributed by atoms with van der Waals surface area (Å²) in [5.74, 6) is -0.0659. The fourth-order valence-corrected chi connectivity index (χ4v) is 3.52. The van der Waals surface area contributed by atoms with E-state index in [1.54, 1.807) is 4.90 Å². The molecule has 1 N–H and O–H groups in total. The van der Waals surface area contributed by atoms with Crippen molar-refractivity contribution in [2.24, 2.45) is 0 Å². The van der Waals surface area contributed by atoms with Crippen LogP contribution in [0.3, 0.4) is 0 Å². The zero-order valence-corrected chi connectivity index (χ0v) is 13.7. The van der Waals surface area contributed by atoms with Crippen LogP contribution in [-0.2, 0) is 0 Å². The van der Waals surface area contributed by atoms with Crippen molar-refractivity contribution in [1.29, 1.82) is 0 Å². The minimum Gasteiger partial charge on any atom is -0.395 e. The van der Waals surface area contributed by atoms with E-state index in [-0.39, 0.29) is 18.6 Å². The Morgan fingerprint density at radius 3 is 2.82 bits per heavy atom. The summed E-state index contributed by atoms with van der Waals surface area (Å²) in [5.41, 5.74) is 3.95. The van der Waals surface area contributed by atoms with Crippen LogP contribution in [0.4, 0.5) is 0 Å². The molecule has 1 aromatic carbocycles. The molecule has 1 amide bonds. The molecule has 116 valence electrons. The number of aliphatic hydroxyl groups excluding tert-OH is 1. The summed E-state index contributed by atoms with van der Waals surface area (Å²) in [6.07, 6.45) is 2.06. The Balaban J connectivity index is 1.85. The molecule has 4 nitrogen and oxygen atoms in total. The molecule has 1 aromatic heterocycles. The van der Waals surface area contributed by atoms with Gasteiger partial charge in [-0.1, -0.05) is 23.8 Å². The van der Waals surface area contributed by atoms with Crippen molar-refractivity contribution in [1.82, 2.24) is 9.88 Å². The first-order chi connectivity index (χ1) is 10.6. The number of aromatic nitrogens is 1. The molecule has 2 aromatic rings. The highest BCUT2D eigenvalue weighted by Gasteiger charge is 2.33. The topological polar surface area (TPSA) is 53.4 Å². The summed E-state index contributed by atoms with van der Waals surface area (Å²) in [7, 11) is 0. The van der Waals surface area contributed by atoms with Gasteiger partial charge in [-0.25, -0.2) is 4.98 Å². The number of amides is 1. The van der Waals surface area contributed by atoms with E-state index in [0.717, 1.165) is 23.4 Å². The first kappa shape index (κ1) is 15.2. The highest BCUT2D eigenvalue weighted by molar-refractivity contribution is 7.13. The number of hydrogen-bond acceptors (Lipinski definition) is 4. The molecule has 0 spiro atoms. The maximum Gasteiger partial charge on any atom is 0.273 e. The van der Waals surface area contributed by atoms with Crippen molar-refractivity contribution in [3.05, 3.63) is 40.4 Å². The van der Waals surface area contributed by atoms with Crippen molar-refractivity contribution in [2.75, 3.05) is 13.2 Å². The normalized spacial score (nSPS) is 14.1. The molecule has 5 heteroatoms. The number of benzene rings is 1. The molecule has 0 radical (unpaired) electrons. The second kappa shape index (κ2) is 6.18. The van der Waals surface area contributed by atoms with Crippen LogP contribution in [-0.4, -0.2) is 40.1 Å². The van der Waals surface area contributed by atoms with Crippen LogP contribution in [0.2, 0.25) is 0 Å². The van der Waals surface area contributed by atoms with Gasteiger partial charge in [0, 0.05) is 23.5 Å². The van der Waals surface area contributed by atoms with Gasteiger partial charge < -0.3 is 10.0 Å². The van der Waals surface area contributed by atoms with E-state index in [1.165, 1.54) is 22.5 Å². The SMILES string of the molecule is Cc1ccc(-c2nc(C(=O)N(CCO)C3CC3)cs2)c(C)c1. The highest BCUT2D eigenvalue weighted by Crippen LogP contribution is 2.31. The zero-order valence-electron chi connectivity index (χ0n) is 12.9. The largest absolute Gasteiger partial charge is 0.395 e. The number of nitrogens with zero attached hydrogens (tertiary/aromatic N) is 2. The van der Waals surface area contributed by atoms with Gasteiger partial charge in [0.15, 0.2) is 0 Å². The average Bonchev–Trinajstić information content (AvgIpc) is 3.21. The number of thiazole rings is 1. The highest BCUT2D eigenvalue weighted by atomic mass is 32.1. The molecule has 1 fully saturated rings. The molecular formula is C17H20N2O2S. The third kappa shape index (κ3) is 3.05. The van der Waals surface area contributed by atoms with E-state index in [2.05, 4.69) is 37.0 Å². The molecular weight excluding hydrogens is 296 g/mol. The molecule has 0 bridgehead atoms. The minimum atomic E-state index is -0.0659. The predicted octanol–water partition coefficient (Wildman–Crippen LogP) is 3.02. The van der Waals surface area contributed by atoms with Crippen LogP contribution < -0.4 is 0 Å². The van der Waals surface area contributed by atoms with Crippen LogP contribution in [0.25, 0.3) is 10.6 Å². The van der Waals surface area contributed by atoms with Gasteiger partial charge in [0.25, 0.3) is 5.91 Å². The second-order valence-corrected chi connectivity index (χ2v) is 6.67. The van der Waals surface area contributed by atoms with Gasteiger partial charge in [-0.05, 0) is 32.3 Å². The average molecular weight is 316 g/mol. The summed E-state index contributed by atoms with van der Waals surface area (Å²) in [5, 5.41) is 11.8. The number of carbonyl (C=O) groups excluding carboxylic acids is 1. The third-order valence-electron chi connectivity index (χ3n) is 3.93. The van der Waals surface area contributed by atoms with Crippen LogP contribution in [0.15, 0.2) is 23.6 Å². The molecule has 0 atom stereocenters. The van der Waals surface area contributed by atoms with Crippen molar-refractivity contribution in [2.45, 2.75) is 32.7 Å². The van der Waals surface area contributed by atoms with Gasteiger partial charge in [0.1, 0.15) is 10.7 Å². The Morgan fingerprint density at radius 2 is 2.18 bits per heavy atom. The van der Waals surface area contributed by atoms with Crippen molar-refractivity contribution >= 4 is 17.2 Å². The molecule has 1 saturated carbocycles. The predicted molar refractivity (Wildman–Crippen MR) is 88.2 cm³/mol. The van der Waals surface area contributed by atoms with E-state index < -0.39 is 0 Å². The van der Waals surface area contributed by atoms with Crippen LogP contribution in [0.1, 0.15) is 34.5 Å². The Labute approximate surface area is 134 Å². The van der Waals surface area contributed by atoms with Crippen molar-refractivity contribution in [3.63, 3.8) is 0 Å². The number of rotatable bonds is 5. The second-order valence-electron chi connectivity index (χ2n) is 5.81. The Hall–Kier alpha value is -1.72. The number of aryl methyl sites for hydroxylation is 2. The van der Waals surface area contributed by atoms with Gasteiger partial charge in [0.05, 0.1) is 6.61 Å². The Bertz CT molecular complexity index is 692. The molecule has 0 aliphatic heterocycles. The first-order valence-electron chi connectivity index (χ1n) is 7.55. The van der Waals surface area contributed by atoms with E-state index in [9.17, 15) is 4.79 Å². The third-order valence-corrected chi connectivity index (χ3v) is 4.80. The van der Waals surface area contributed by atoms with E-state index >= 15 is 0 Å². The van der Waals surface area contributed by atoms with Gasteiger partial charge in [0.2, 0.25) is 0 Å². The quantitative estimate of drug-likeness (QED) is 0.922. The van der Waals surface area contributed by atoms with Crippen molar-refractivity contribution in [3.8, 4) is 10.6 Å². The molecule has 0 saturated heterocycles. The van der Waals surface area contributed by atoms with Gasteiger partial charge in [-0.15, -0.1) is 11.3 Å². The Morgan fingerprint density at radius 1 is 1.41 bits per heavy atom. The fourth-order valence-electron chi connectivity index (χ4n) is 2.64. The number of aliphatic hydroxyl groups is 1. The minimum absolute atomic E-state index is 0.00367. The van der Waals surface area contributed by atoms with Crippen LogP contribution in [0, 0.1) is 13.8 Å². The zero-order chi connectivity index (χ0) is 15.7. The molecule has 0 unspecified atom stereocenters. The van der Waals surface area contributed by atoms with Crippen LogP contribution >= 0.6 is 11.3 Å². The van der Waals surface area contributed by atoms with E-state index in [4.69, 9.17) is 5.11 Å². The summed E-state index contributed by atoms with van der Waals surface area (Å²) >= 11 is 1.50. The molecule has 1 aliphatic rings. The lowest BCUT2D eigenvalue weighted by Crippen LogP contribution is -2.35. The number of hydrogen-bond donors (Lipinski definition) is 1. The lowest BCUT2D eigenvalue weighted by Gasteiger charge is -2.19. The number of carbonyl (C=O) groups is 1. The standard InChI is InChI=1S/C17H20N2O2S/c1-11-3-6-14(12(2)9-11)16-18-15(10-22-16)17(21)19(7-8-20)13-4-5-13/h3,6,9-10,13,20H,4-5,7-8H2,1-2H3. The lowest BCUT2D eigenvalue weighted by molar-refractivity contribution is 0.0702. The summed E-state index contributed by atoms with van der Waals surface area (Å²) in [6.45, 7) is 4.51. The summed E-state index contributed by atoms with van der Waals surface area (Å²) < 4.78 is 0. The van der Waals surface area contributed by atoms with Crippen molar-refractivity contribution < 1.29 is 9.90 Å². The van der Waals surface area contributed by atoms with E-state index in [1.807, 2.05) is 5.38 Å². The smallest absolute Gasteiger partial charge is 0.273 e. The van der Waals surface area contributed by atoms with Gasteiger partial charge >= 0.3 is 0 Å². The maximum atomic E-state index is 12.6. The summed E-state index contributed by atoms with van der Waals surface area (Å²) in [6, 6.07) is 6.53. The molecule has 3 rings (SSSR count). The van der Waals surface area contributed by atoms with E-state index in [0.29, 0.717) is 12.2 Å². The fraction of sp³-hybridized carbons (Fsp3) is 0.412.